The van der Waals surface area contributed by atoms with Crippen LogP contribution in [0.2, 0.25) is 0 Å². The molecular weight excluding hydrogens is 294 g/mol. The summed E-state index contributed by atoms with van der Waals surface area (Å²) in [5, 5.41) is 11.4. The first-order valence-electron chi connectivity index (χ1n) is 7.35. The number of nitrogens with zero attached hydrogens (tertiary/aromatic N) is 2. The molecule has 0 saturated heterocycles. The molecule has 1 rings (SSSR count). The highest BCUT2D eigenvalue weighted by Crippen LogP contribution is 2.28. The lowest BCUT2D eigenvalue weighted by Crippen LogP contribution is -2.25. The van der Waals surface area contributed by atoms with E-state index in [9.17, 15) is 4.79 Å². The summed E-state index contributed by atoms with van der Waals surface area (Å²) in [4.78, 5) is 13.8. The van der Waals surface area contributed by atoms with Crippen LogP contribution in [0.25, 0.3) is 6.08 Å². The van der Waals surface area contributed by atoms with Gasteiger partial charge in [-0.3, -0.25) is 4.79 Å². The Kier molecular flexibility index (Phi) is 8.25. The molecule has 1 aromatic rings. The van der Waals surface area contributed by atoms with Crippen LogP contribution in [-0.2, 0) is 4.79 Å². The highest BCUT2D eigenvalue weighted by atomic mass is 16.5. The maximum Gasteiger partial charge on any atom is 0.243 e. The molecule has 0 saturated carbocycles. The standard InChI is InChI=1S/C17H23N3O3/c1-20(2)11-4-10-19-17(21)8-6-14-5-7-15(23-12-9-18)16(13-14)22-3/h5-8,13H,4,10-12H2,1-3H3,(H,19,21)/b8-6+. The van der Waals surface area contributed by atoms with Crippen LogP contribution in [0, 0.1) is 11.3 Å². The first-order valence-corrected chi connectivity index (χ1v) is 7.35. The van der Waals surface area contributed by atoms with Crippen molar-refractivity contribution >= 4 is 12.0 Å². The van der Waals surface area contributed by atoms with Crippen LogP contribution in [0.4, 0.5) is 0 Å². The molecule has 6 heteroatoms. The van der Waals surface area contributed by atoms with Crippen LogP contribution in [0.5, 0.6) is 11.5 Å². The van der Waals surface area contributed by atoms with E-state index in [1.165, 1.54) is 13.2 Å². The van der Waals surface area contributed by atoms with Crippen LogP contribution in [0.3, 0.4) is 0 Å². The van der Waals surface area contributed by atoms with Gasteiger partial charge in [-0.25, -0.2) is 0 Å². The summed E-state index contributed by atoms with van der Waals surface area (Å²) in [6.07, 6.45) is 4.10. The third kappa shape index (κ3) is 7.34. The largest absolute Gasteiger partial charge is 0.493 e. The van der Waals surface area contributed by atoms with Crippen molar-refractivity contribution in [1.82, 2.24) is 10.2 Å². The van der Waals surface area contributed by atoms with E-state index in [0.717, 1.165) is 18.5 Å². The minimum Gasteiger partial charge on any atom is -0.493 e. The number of methoxy groups -OCH3 is 1. The van der Waals surface area contributed by atoms with E-state index in [-0.39, 0.29) is 12.5 Å². The molecular formula is C17H23N3O3. The first kappa shape index (κ1) is 18.5. The quantitative estimate of drug-likeness (QED) is 0.554. The highest BCUT2D eigenvalue weighted by Gasteiger charge is 2.04. The third-order valence-corrected chi connectivity index (χ3v) is 2.99. The molecule has 1 N–H and O–H groups in total. The van der Waals surface area contributed by atoms with Gasteiger partial charge in [-0.05, 0) is 50.8 Å². The van der Waals surface area contributed by atoms with Gasteiger partial charge >= 0.3 is 0 Å². The zero-order valence-corrected chi connectivity index (χ0v) is 13.8. The maximum absolute atomic E-state index is 11.7. The summed E-state index contributed by atoms with van der Waals surface area (Å²) in [6.45, 7) is 1.54. The fraction of sp³-hybridized carbons (Fsp3) is 0.412. The highest BCUT2D eigenvalue weighted by molar-refractivity contribution is 5.91. The van der Waals surface area contributed by atoms with Gasteiger partial charge in [0.25, 0.3) is 0 Å². The number of hydrogen-bond donors (Lipinski definition) is 1. The van der Waals surface area contributed by atoms with Gasteiger partial charge in [-0.2, -0.15) is 5.26 Å². The smallest absolute Gasteiger partial charge is 0.243 e. The molecule has 124 valence electrons. The number of amides is 1. The number of carbonyl (C=O) groups is 1. The molecule has 0 bridgehead atoms. The number of ether oxygens (including phenoxy) is 2. The van der Waals surface area contributed by atoms with Gasteiger partial charge < -0.3 is 19.7 Å². The monoisotopic (exact) mass is 317 g/mol. The zero-order valence-electron chi connectivity index (χ0n) is 13.8. The fourth-order valence-electron chi connectivity index (χ4n) is 1.85. The second kappa shape index (κ2) is 10.2. The van der Waals surface area contributed by atoms with Gasteiger partial charge in [0.1, 0.15) is 6.07 Å². The van der Waals surface area contributed by atoms with Gasteiger partial charge in [-0.1, -0.05) is 6.07 Å². The van der Waals surface area contributed by atoms with Crippen molar-refractivity contribution in [1.29, 1.82) is 5.26 Å². The molecule has 0 spiro atoms. The van der Waals surface area contributed by atoms with Crippen molar-refractivity contribution in [2.24, 2.45) is 0 Å². The second-order valence-corrected chi connectivity index (χ2v) is 5.14. The third-order valence-electron chi connectivity index (χ3n) is 2.99. The predicted octanol–water partition coefficient (Wildman–Crippen LogP) is 1.68. The van der Waals surface area contributed by atoms with E-state index in [4.69, 9.17) is 14.7 Å². The lowest BCUT2D eigenvalue weighted by Gasteiger charge is -2.09. The Balaban J connectivity index is 2.55. The Hall–Kier alpha value is -2.52. The van der Waals surface area contributed by atoms with E-state index in [1.54, 1.807) is 24.3 Å². The van der Waals surface area contributed by atoms with Crippen LogP contribution >= 0.6 is 0 Å². The Morgan fingerprint density at radius 2 is 2.17 bits per heavy atom. The molecule has 1 amide bonds. The molecule has 23 heavy (non-hydrogen) atoms. The van der Waals surface area contributed by atoms with Crippen LogP contribution in [-0.4, -0.2) is 51.7 Å². The van der Waals surface area contributed by atoms with E-state index < -0.39 is 0 Å². The number of benzene rings is 1. The van der Waals surface area contributed by atoms with Gasteiger partial charge in [0.15, 0.2) is 18.1 Å². The van der Waals surface area contributed by atoms with Crippen molar-refractivity contribution in [2.75, 3.05) is 40.9 Å². The average Bonchev–Trinajstić information content (AvgIpc) is 2.55. The molecule has 0 heterocycles. The summed E-state index contributed by atoms with van der Waals surface area (Å²) in [5.74, 6) is 0.889. The fourth-order valence-corrected chi connectivity index (χ4v) is 1.85. The van der Waals surface area contributed by atoms with Crippen molar-refractivity contribution in [3.8, 4) is 17.6 Å². The SMILES string of the molecule is COc1cc(/C=C/C(=O)NCCCN(C)C)ccc1OCC#N. The minimum atomic E-state index is -0.132. The molecule has 1 aromatic carbocycles. The molecule has 0 atom stereocenters. The number of hydrogen-bond acceptors (Lipinski definition) is 5. The van der Waals surface area contributed by atoms with E-state index in [0.29, 0.717) is 18.0 Å². The summed E-state index contributed by atoms with van der Waals surface area (Å²) >= 11 is 0. The first-order chi connectivity index (χ1) is 11.1. The number of nitrogens with one attached hydrogen (secondary N) is 1. The van der Waals surface area contributed by atoms with Crippen molar-refractivity contribution in [3.63, 3.8) is 0 Å². The summed E-state index contributed by atoms with van der Waals surface area (Å²) in [6, 6.07) is 7.17. The van der Waals surface area contributed by atoms with Crippen molar-refractivity contribution in [2.45, 2.75) is 6.42 Å². The van der Waals surface area contributed by atoms with Crippen molar-refractivity contribution < 1.29 is 14.3 Å². The van der Waals surface area contributed by atoms with E-state index in [2.05, 4.69) is 10.2 Å². The Morgan fingerprint density at radius 3 is 2.83 bits per heavy atom. The Bertz CT molecular complexity index is 577. The second-order valence-electron chi connectivity index (χ2n) is 5.14. The Labute approximate surface area is 137 Å². The van der Waals surface area contributed by atoms with Gasteiger partial charge in [0, 0.05) is 12.6 Å². The normalized spacial score (nSPS) is 10.6. The molecule has 0 aliphatic carbocycles. The van der Waals surface area contributed by atoms with E-state index >= 15 is 0 Å². The predicted molar refractivity (Wildman–Crippen MR) is 89.3 cm³/mol. The van der Waals surface area contributed by atoms with Crippen LogP contribution in [0.15, 0.2) is 24.3 Å². The zero-order chi connectivity index (χ0) is 17.1. The molecule has 0 aromatic heterocycles. The van der Waals surface area contributed by atoms with Crippen molar-refractivity contribution in [3.05, 3.63) is 29.8 Å². The lowest BCUT2D eigenvalue weighted by atomic mass is 10.2. The maximum atomic E-state index is 11.7. The van der Waals surface area contributed by atoms with Gasteiger partial charge in [0.05, 0.1) is 7.11 Å². The molecule has 0 radical (unpaired) electrons. The summed E-state index contributed by atoms with van der Waals surface area (Å²) < 4.78 is 10.5. The molecule has 6 nitrogen and oxygen atoms in total. The topological polar surface area (TPSA) is 74.6 Å². The molecule has 0 aliphatic heterocycles. The Morgan fingerprint density at radius 1 is 1.39 bits per heavy atom. The molecule has 0 unspecified atom stereocenters. The molecule has 0 fully saturated rings. The number of carbonyl (C=O) groups excluding carboxylic acids is 1. The molecule has 0 aliphatic rings. The van der Waals surface area contributed by atoms with Gasteiger partial charge in [0.2, 0.25) is 5.91 Å². The van der Waals surface area contributed by atoms with Crippen LogP contribution in [0.1, 0.15) is 12.0 Å². The number of rotatable bonds is 9. The van der Waals surface area contributed by atoms with Gasteiger partial charge in [-0.15, -0.1) is 0 Å². The lowest BCUT2D eigenvalue weighted by molar-refractivity contribution is -0.116. The summed E-state index contributed by atoms with van der Waals surface area (Å²) in [7, 11) is 5.53. The van der Waals surface area contributed by atoms with Crippen LogP contribution < -0.4 is 14.8 Å². The van der Waals surface area contributed by atoms with E-state index in [1.807, 2.05) is 20.2 Å². The summed E-state index contributed by atoms with van der Waals surface area (Å²) in [5.41, 5.74) is 0.814. The average molecular weight is 317 g/mol. The minimum absolute atomic E-state index is 0.0408. The number of nitriles is 1.